The Morgan fingerprint density at radius 3 is 2.04 bits per heavy atom. The highest BCUT2D eigenvalue weighted by molar-refractivity contribution is 6.06. The minimum absolute atomic E-state index is 0.303. The Hall–Kier alpha value is -2.88. The molecule has 4 nitrogen and oxygen atoms in total. The van der Waals surface area contributed by atoms with Gasteiger partial charge in [0.1, 0.15) is 0 Å². The molecule has 0 aliphatic heterocycles. The van der Waals surface area contributed by atoms with E-state index < -0.39 is 17.4 Å². The van der Waals surface area contributed by atoms with Crippen molar-refractivity contribution in [1.82, 2.24) is 0 Å². The predicted molar refractivity (Wildman–Crippen MR) is 99.4 cm³/mol. The van der Waals surface area contributed by atoms with Crippen molar-refractivity contribution in [1.29, 1.82) is 0 Å². The van der Waals surface area contributed by atoms with Gasteiger partial charge < -0.3 is 9.47 Å². The van der Waals surface area contributed by atoms with Gasteiger partial charge >= 0.3 is 11.9 Å². The number of carbonyl (C=O) groups excluding carboxylic acids is 2. The molecule has 1 aliphatic carbocycles. The lowest BCUT2D eigenvalue weighted by Crippen LogP contribution is -2.31. The average Bonchev–Trinajstić information content (AvgIpc) is 3.36. The smallest absolute Gasteiger partial charge is 0.324 e. The quantitative estimate of drug-likeness (QED) is 0.609. The second-order valence-electron chi connectivity index (χ2n) is 6.54. The van der Waals surface area contributed by atoms with E-state index in [9.17, 15) is 9.59 Å². The van der Waals surface area contributed by atoms with Crippen LogP contribution in [0.1, 0.15) is 22.6 Å². The number of carbonyl (C=O) groups is 2. The summed E-state index contributed by atoms with van der Waals surface area (Å²) in [6, 6.07) is 17.6. The fourth-order valence-corrected chi connectivity index (χ4v) is 3.65. The first-order valence-electron chi connectivity index (χ1n) is 8.52. The van der Waals surface area contributed by atoms with E-state index in [2.05, 4.69) is 0 Å². The highest BCUT2D eigenvalue weighted by Crippen LogP contribution is 2.67. The normalized spacial score (nSPS) is 20.6. The van der Waals surface area contributed by atoms with Gasteiger partial charge in [-0.05, 0) is 18.1 Å². The molecule has 0 saturated heterocycles. The highest BCUT2D eigenvalue weighted by Gasteiger charge is 2.75. The molecule has 1 fully saturated rings. The van der Waals surface area contributed by atoms with Crippen molar-refractivity contribution in [2.24, 2.45) is 11.3 Å². The summed E-state index contributed by atoms with van der Waals surface area (Å²) in [6.45, 7) is 2.00. The summed E-state index contributed by atoms with van der Waals surface area (Å²) in [6.07, 6.45) is 3.84. The van der Waals surface area contributed by atoms with Crippen molar-refractivity contribution < 1.29 is 19.1 Å². The van der Waals surface area contributed by atoms with Crippen LogP contribution in [0.15, 0.2) is 60.7 Å². The minimum atomic E-state index is -1.33. The van der Waals surface area contributed by atoms with Gasteiger partial charge in [0.05, 0.1) is 14.2 Å². The molecule has 3 rings (SSSR count). The number of hydrogen-bond acceptors (Lipinski definition) is 4. The molecule has 2 aromatic carbocycles. The molecular formula is C22H22O4. The molecule has 0 N–H and O–H groups in total. The van der Waals surface area contributed by atoms with E-state index >= 15 is 0 Å². The highest BCUT2D eigenvalue weighted by atomic mass is 16.5. The summed E-state index contributed by atoms with van der Waals surface area (Å²) < 4.78 is 9.97. The summed E-state index contributed by atoms with van der Waals surface area (Å²) in [4.78, 5) is 25.2. The SMILES string of the molecule is COC(=O)C1(C(=O)OC)C(/C=C/c2ccccc2)C1c1ccc(C)cc1. The Kier molecular flexibility index (Phi) is 4.94. The summed E-state index contributed by atoms with van der Waals surface area (Å²) in [7, 11) is 2.60. The maximum atomic E-state index is 12.6. The van der Waals surface area contributed by atoms with Crippen LogP contribution in [0.2, 0.25) is 0 Å². The number of allylic oxidation sites excluding steroid dienone is 1. The van der Waals surface area contributed by atoms with Crippen LogP contribution in [0.3, 0.4) is 0 Å². The monoisotopic (exact) mass is 350 g/mol. The first kappa shape index (κ1) is 17.9. The van der Waals surface area contributed by atoms with Gasteiger partial charge in [-0.3, -0.25) is 9.59 Å². The predicted octanol–water partition coefficient (Wildman–Crippen LogP) is 3.75. The van der Waals surface area contributed by atoms with Crippen molar-refractivity contribution in [3.63, 3.8) is 0 Å². The molecule has 0 bridgehead atoms. The molecule has 2 unspecified atom stereocenters. The van der Waals surface area contributed by atoms with E-state index in [0.717, 1.165) is 16.7 Å². The molecule has 0 amide bonds. The van der Waals surface area contributed by atoms with Crippen LogP contribution in [-0.4, -0.2) is 26.2 Å². The molecule has 0 spiro atoms. The molecule has 134 valence electrons. The number of esters is 2. The molecule has 2 atom stereocenters. The number of methoxy groups -OCH3 is 2. The zero-order chi connectivity index (χ0) is 18.7. The molecule has 26 heavy (non-hydrogen) atoms. The zero-order valence-corrected chi connectivity index (χ0v) is 15.1. The lowest BCUT2D eigenvalue weighted by molar-refractivity contribution is -0.162. The number of rotatable bonds is 5. The molecule has 0 aromatic heterocycles. The molecule has 0 heterocycles. The van der Waals surface area contributed by atoms with Crippen LogP contribution in [-0.2, 0) is 19.1 Å². The Morgan fingerprint density at radius 1 is 0.923 bits per heavy atom. The van der Waals surface area contributed by atoms with E-state index in [1.165, 1.54) is 14.2 Å². The summed E-state index contributed by atoms with van der Waals surface area (Å²) >= 11 is 0. The van der Waals surface area contributed by atoms with Gasteiger partial charge in [0, 0.05) is 11.8 Å². The van der Waals surface area contributed by atoms with E-state index in [4.69, 9.17) is 9.47 Å². The maximum Gasteiger partial charge on any atom is 0.324 e. The van der Waals surface area contributed by atoms with Gasteiger partial charge in [0.2, 0.25) is 0 Å². The van der Waals surface area contributed by atoms with Gasteiger partial charge in [-0.1, -0.05) is 72.3 Å². The van der Waals surface area contributed by atoms with Gasteiger partial charge in [0.25, 0.3) is 0 Å². The largest absolute Gasteiger partial charge is 0.468 e. The topological polar surface area (TPSA) is 52.6 Å². The molecule has 1 aliphatic rings. The van der Waals surface area contributed by atoms with E-state index in [-0.39, 0.29) is 11.8 Å². The van der Waals surface area contributed by atoms with Crippen molar-refractivity contribution in [3.05, 3.63) is 77.4 Å². The molecular weight excluding hydrogens is 328 g/mol. The number of aryl methyl sites for hydroxylation is 1. The third-order valence-electron chi connectivity index (χ3n) is 5.04. The Balaban J connectivity index is 2.02. The van der Waals surface area contributed by atoms with Gasteiger partial charge in [-0.2, -0.15) is 0 Å². The van der Waals surface area contributed by atoms with E-state index in [0.29, 0.717) is 0 Å². The van der Waals surface area contributed by atoms with Crippen LogP contribution in [0.4, 0.5) is 0 Å². The van der Waals surface area contributed by atoms with E-state index in [1.54, 1.807) is 0 Å². The third kappa shape index (κ3) is 2.92. The summed E-state index contributed by atoms with van der Waals surface area (Å²) in [5.74, 6) is -1.73. The van der Waals surface area contributed by atoms with Crippen molar-refractivity contribution in [3.8, 4) is 0 Å². The fraction of sp³-hybridized carbons (Fsp3) is 0.273. The second-order valence-corrected chi connectivity index (χ2v) is 6.54. The Morgan fingerprint density at radius 2 is 1.50 bits per heavy atom. The summed E-state index contributed by atoms with van der Waals surface area (Å²) in [5.41, 5.74) is 1.72. The van der Waals surface area contributed by atoms with Crippen LogP contribution < -0.4 is 0 Å². The van der Waals surface area contributed by atoms with Crippen molar-refractivity contribution >= 4 is 18.0 Å². The van der Waals surface area contributed by atoms with Gasteiger partial charge in [-0.25, -0.2) is 0 Å². The fourth-order valence-electron chi connectivity index (χ4n) is 3.65. The third-order valence-corrected chi connectivity index (χ3v) is 5.04. The standard InChI is InChI=1S/C22H22O4/c1-15-9-12-17(13-10-15)19-18(14-11-16-7-5-4-6-8-16)22(19,20(23)25-2)21(24)26-3/h4-14,18-19H,1-3H3/b14-11+. The van der Waals surface area contributed by atoms with E-state index in [1.807, 2.05) is 73.7 Å². The Labute approximate surface area is 153 Å². The zero-order valence-electron chi connectivity index (χ0n) is 15.1. The molecule has 0 radical (unpaired) electrons. The van der Waals surface area contributed by atoms with Crippen molar-refractivity contribution in [2.75, 3.05) is 14.2 Å². The van der Waals surface area contributed by atoms with Crippen molar-refractivity contribution in [2.45, 2.75) is 12.8 Å². The molecule has 2 aromatic rings. The van der Waals surface area contributed by atoms with Crippen LogP contribution in [0.25, 0.3) is 6.08 Å². The van der Waals surface area contributed by atoms with Crippen LogP contribution >= 0.6 is 0 Å². The molecule has 4 heteroatoms. The summed E-state index contributed by atoms with van der Waals surface area (Å²) in [5, 5.41) is 0. The Bertz CT molecular complexity index is 805. The second kappa shape index (κ2) is 7.16. The number of hydrogen-bond donors (Lipinski definition) is 0. The maximum absolute atomic E-state index is 12.6. The van der Waals surface area contributed by atoms with Crippen LogP contribution in [0, 0.1) is 18.3 Å². The minimum Gasteiger partial charge on any atom is -0.468 e. The molecule has 1 saturated carbocycles. The van der Waals surface area contributed by atoms with Gasteiger partial charge in [0.15, 0.2) is 5.41 Å². The number of ether oxygens (including phenoxy) is 2. The average molecular weight is 350 g/mol. The lowest BCUT2D eigenvalue weighted by Gasteiger charge is -2.13. The van der Waals surface area contributed by atoms with Crippen LogP contribution in [0.5, 0.6) is 0 Å². The first-order chi connectivity index (χ1) is 12.6. The lowest BCUT2D eigenvalue weighted by atomic mass is 9.98. The number of benzene rings is 2. The first-order valence-corrected chi connectivity index (χ1v) is 8.52. The van der Waals surface area contributed by atoms with Gasteiger partial charge in [-0.15, -0.1) is 0 Å².